The number of aliphatic hydroxyl groups is 2. The second kappa shape index (κ2) is 7.97. The van der Waals surface area contributed by atoms with Gasteiger partial charge in [0.1, 0.15) is 6.10 Å². The molecule has 0 radical (unpaired) electrons. The van der Waals surface area contributed by atoms with Gasteiger partial charge in [0.25, 0.3) is 0 Å². The number of carbonyl (C=O) groups excluding carboxylic acids is 1. The molecule has 1 heterocycles. The number of rotatable bonds is 8. The molecule has 0 aliphatic heterocycles. The molecular weight excluding hydrogens is 256 g/mol. The van der Waals surface area contributed by atoms with E-state index in [0.717, 1.165) is 18.7 Å². The zero-order valence-electron chi connectivity index (χ0n) is 12.4. The van der Waals surface area contributed by atoms with Crippen LogP contribution >= 0.6 is 0 Å². The number of anilines is 1. The predicted octanol–water partition coefficient (Wildman–Crippen LogP) is 1.38. The summed E-state index contributed by atoms with van der Waals surface area (Å²) in [5.41, 5.74) is 1.53. The summed E-state index contributed by atoms with van der Waals surface area (Å²) in [6, 6.07) is 1.83. The molecule has 0 spiro atoms. The van der Waals surface area contributed by atoms with Crippen molar-refractivity contribution in [3.63, 3.8) is 0 Å². The Morgan fingerprint density at radius 2 is 2.10 bits per heavy atom. The Bertz CT molecular complexity index is 435. The number of hydrogen-bond donors (Lipinski definition) is 2. The lowest BCUT2D eigenvalue weighted by Crippen LogP contribution is -2.39. The predicted molar refractivity (Wildman–Crippen MR) is 78.5 cm³/mol. The molecule has 1 atom stereocenters. The lowest BCUT2D eigenvalue weighted by Gasteiger charge is -2.27. The molecule has 1 aromatic rings. The van der Waals surface area contributed by atoms with Gasteiger partial charge in [0.2, 0.25) is 0 Å². The first-order chi connectivity index (χ1) is 9.49. The van der Waals surface area contributed by atoms with Gasteiger partial charge in [0.15, 0.2) is 5.78 Å². The molecule has 5 heteroatoms. The van der Waals surface area contributed by atoms with Crippen molar-refractivity contribution in [2.45, 2.75) is 39.9 Å². The summed E-state index contributed by atoms with van der Waals surface area (Å²) in [5, 5.41) is 19.2. The van der Waals surface area contributed by atoms with Crippen molar-refractivity contribution in [2.75, 3.05) is 18.0 Å². The van der Waals surface area contributed by atoms with Crippen LogP contribution in [-0.4, -0.2) is 40.2 Å². The maximum absolute atomic E-state index is 11.8. The molecule has 112 valence electrons. The summed E-state index contributed by atoms with van der Waals surface area (Å²) in [6.07, 6.45) is 3.18. The summed E-state index contributed by atoms with van der Waals surface area (Å²) in [6.45, 7) is 6.50. The highest BCUT2D eigenvalue weighted by Crippen LogP contribution is 2.16. The molecule has 0 fully saturated rings. The van der Waals surface area contributed by atoms with Crippen LogP contribution in [0.25, 0.3) is 0 Å². The van der Waals surface area contributed by atoms with Crippen molar-refractivity contribution < 1.29 is 15.0 Å². The Morgan fingerprint density at radius 3 is 2.65 bits per heavy atom. The number of nitrogens with zero attached hydrogens (tertiary/aromatic N) is 2. The Morgan fingerprint density at radius 1 is 1.40 bits per heavy atom. The van der Waals surface area contributed by atoms with E-state index in [1.54, 1.807) is 26.2 Å². The zero-order chi connectivity index (χ0) is 15.1. The molecule has 0 aliphatic rings. The fourth-order valence-electron chi connectivity index (χ4n) is 2.01. The topological polar surface area (TPSA) is 73.7 Å². The molecule has 0 bridgehead atoms. The number of Topliss-reactive ketones (excluding diaryl/α,β-unsaturated/α-hetero) is 1. The maximum Gasteiger partial charge on any atom is 0.165 e. The van der Waals surface area contributed by atoms with E-state index in [1.165, 1.54) is 0 Å². The van der Waals surface area contributed by atoms with Crippen LogP contribution in [0, 0.1) is 5.92 Å². The van der Waals surface area contributed by atoms with Gasteiger partial charge in [-0.3, -0.25) is 9.78 Å². The largest absolute Gasteiger partial charge is 0.392 e. The van der Waals surface area contributed by atoms with Gasteiger partial charge < -0.3 is 15.1 Å². The fourth-order valence-corrected chi connectivity index (χ4v) is 2.01. The van der Waals surface area contributed by atoms with Gasteiger partial charge in [-0.05, 0) is 18.1 Å². The number of ketones is 1. The molecule has 0 saturated carbocycles. The van der Waals surface area contributed by atoms with Crippen molar-refractivity contribution >= 4 is 11.5 Å². The Kier molecular flexibility index (Phi) is 6.61. The number of aromatic nitrogens is 1. The van der Waals surface area contributed by atoms with Gasteiger partial charge in [-0.1, -0.05) is 20.8 Å². The highest BCUT2D eigenvalue weighted by molar-refractivity contribution is 5.85. The van der Waals surface area contributed by atoms with Gasteiger partial charge in [0, 0.05) is 18.7 Å². The summed E-state index contributed by atoms with van der Waals surface area (Å²) >= 11 is 0. The lowest BCUT2D eigenvalue weighted by atomic mass is 10.0. The standard InChI is InChI=1S/C15H24N2O3/c1-4-5-17(9-14(19)15(20)11(2)3)13-6-12(10-18)7-16-8-13/h6-8,11,14,18-19H,4-5,9-10H2,1-3H3. The normalized spacial score (nSPS) is 12.5. The molecule has 0 aliphatic carbocycles. The molecule has 0 saturated heterocycles. The van der Waals surface area contributed by atoms with Crippen molar-refractivity contribution in [1.29, 1.82) is 0 Å². The van der Waals surface area contributed by atoms with Crippen LogP contribution in [-0.2, 0) is 11.4 Å². The molecule has 1 unspecified atom stereocenters. The van der Waals surface area contributed by atoms with Gasteiger partial charge in [-0.2, -0.15) is 0 Å². The van der Waals surface area contributed by atoms with E-state index in [2.05, 4.69) is 4.98 Å². The highest BCUT2D eigenvalue weighted by atomic mass is 16.3. The minimum absolute atomic E-state index is 0.0751. The molecule has 1 rings (SSSR count). The molecule has 20 heavy (non-hydrogen) atoms. The Hall–Kier alpha value is -1.46. The van der Waals surface area contributed by atoms with Gasteiger partial charge in [-0.25, -0.2) is 0 Å². The van der Waals surface area contributed by atoms with Crippen LogP contribution < -0.4 is 4.90 Å². The summed E-state index contributed by atoms with van der Waals surface area (Å²) < 4.78 is 0. The van der Waals surface area contributed by atoms with Crippen LogP contribution in [0.1, 0.15) is 32.8 Å². The first-order valence-corrected chi connectivity index (χ1v) is 7.01. The molecule has 5 nitrogen and oxygen atoms in total. The molecular formula is C15H24N2O3. The van der Waals surface area contributed by atoms with Crippen LogP contribution in [0.5, 0.6) is 0 Å². The van der Waals surface area contributed by atoms with Gasteiger partial charge in [0.05, 0.1) is 25.0 Å². The quantitative estimate of drug-likeness (QED) is 0.752. The molecule has 0 aromatic carbocycles. The first-order valence-electron chi connectivity index (χ1n) is 7.01. The van der Waals surface area contributed by atoms with Crippen molar-refractivity contribution in [2.24, 2.45) is 5.92 Å². The number of hydrogen-bond acceptors (Lipinski definition) is 5. The Balaban J connectivity index is 2.85. The van der Waals surface area contributed by atoms with E-state index in [4.69, 9.17) is 5.11 Å². The third-order valence-corrected chi connectivity index (χ3v) is 3.11. The third kappa shape index (κ3) is 4.58. The van der Waals surface area contributed by atoms with E-state index in [9.17, 15) is 9.90 Å². The minimum Gasteiger partial charge on any atom is -0.392 e. The lowest BCUT2D eigenvalue weighted by molar-refractivity contribution is -0.129. The molecule has 0 amide bonds. The summed E-state index contributed by atoms with van der Waals surface area (Å²) in [5.74, 6) is -0.340. The fraction of sp³-hybridized carbons (Fsp3) is 0.600. The van der Waals surface area contributed by atoms with Gasteiger partial charge >= 0.3 is 0 Å². The van der Waals surface area contributed by atoms with E-state index in [0.29, 0.717) is 5.56 Å². The van der Waals surface area contributed by atoms with E-state index >= 15 is 0 Å². The van der Waals surface area contributed by atoms with Crippen molar-refractivity contribution in [1.82, 2.24) is 4.98 Å². The summed E-state index contributed by atoms with van der Waals surface area (Å²) in [4.78, 5) is 17.8. The maximum atomic E-state index is 11.8. The zero-order valence-corrected chi connectivity index (χ0v) is 12.4. The van der Waals surface area contributed by atoms with E-state index < -0.39 is 6.10 Å². The van der Waals surface area contributed by atoms with Crippen molar-refractivity contribution in [3.05, 3.63) is 24.0 Å². The second-order valence-corrected chi connectivity index (χ2v) is 5.23. The number of pyridine rings is 1. The minimum atomic E-state index is -1.00. The molecule has 1 aromatic heterocycles. The molecule has 2 N–H and O–H groups in total. The Labute approximate surface area is 120 Å². The van der Waals surface area contributed by atoms with Crippen molar-refractivity contribution in [3.8, 4) is 0 Å². The van der Waals surface area contributed by atoms with E-state index in [-0.39, 0.29) is 24.9 Å². The average molecular weight is 280 g/mol. The smallest absolute Gasteiger partial charge is 0.165 e. The number of carbonyl (C=O) groups is 1. The van der Waals surface area contributed by atoms with Crippen LogP contribution in [0.15, 0.2) is 18.5 Å². The third-order valence-electron chi connectivity index (χ3n) is 3.11. The van der Waals surface area contributed by atoms with E-state index in [1.807, 2.05) is 17.9 Å². The first kappa shape index (κ1) is 16.6. The highest BCUT2D eigenvalue weighted by Gasteiger charge is 2.21. The summed E-state index contributed by atoms with van der Waals surface area (Å²) in [7, 11) is 0. The van der Waals surface area contributed by atoms with Crippen LogP contribution in [0.2, 0.25) is 0 Å². The van der Waals surface area contributed by atoms with Crippen LogP contribution in [0.4, 0.5) is 5.69 Å². The monoisotopic (exact) mass is 280 g/mol. The SMILES string of the molecule is CCCN(CC(O)C(=O)C(C)C)c1cncc(CO)c1. The van der Waals surface area contributed by atoms with Crippen LogP contribution in [0.3, 0.4) is 0 Å². The number of aliphatic hydroxyl groups excluding tert-OH is 2. The second-order valence-electron chi connectivity index (χ2n) is 5.23. The van der Waals surface area contributed by atoms with Gasteiger partial charge in [-0.15, -0.1) is 0 Å². The average Bonchev–Trinajstić information content (AvgIpc) is 2.45.